The summed E-state index contributed by atoms with van der Waals surface area (Å²) in [4.78, 5) is 35.9. The lowest BCUT2D eigenvalue weighted by Crippen LogP contribution is -2.39. The number of cyclic esters (lactones) is 1. The largest absolute Gasteiger partial charge is 0.497 e. The summed E-state index contributed by atoms with van der Waals surface area (Å²) < 4.78 is 15.9. The number of rotatable bonds is 6. The van der Waals surface area contributed by atoms with E-state index in [-0.39, 0.29) is 18.2 Å². The number of hydrogen-bond acceptors (Lipinski definition) is 6. The third-order valence-electron chi connectivity index (χ3n) is 3.84. The third kappa shape index (κ3) is 5.23. The van der Waals surface area contributed by atoms with Crippen LogP contribution in [0.1, 0.15) is 32.4 Å². The van der Waals surface area contributed by atoms with Gasteiger partial charge in [0.15, 0.2) is 12.2 Å². The second-order valence-electron chi connectivity index (χ2n) is 6.97. The number of esters is 2. The van der Waals surface area contributed by atoms with Crippen LogP contribution in [0.3, 0.4) is 0 Å². The summed E-state index contributed by atoms with van der Waals surface area (Å²) in [5.74, 6) is -1.38. The van der Waals surface area contributed by atoms with Crippen LogP contribution in [0.4, 0.5) is 0 Å². The van der Waals surface area contributed by atoms with Gasteiger partial charge in [-0.05, 0) is 6.07 Å². The van der Waals surface area contributed by atoms with Gasteiger partial charge in [0.25, 0.3) is 0 Å². The molecule has 1 aliphatic heterocycles. The highest BCUT2D eigenvalue weighted by Gasteiger charge is 2.39. The molecule has 7 nitrogen and oxygen atoms in total. The second-order valence-corrected chi connectivity index (χ2v) is 7.38. The molecule has 2 rings (SSSR count). The molecule has 0 aromatic heterocycles. The highest BCUT2D eigenvalue weighted by molar-refractivity contribution is 6.31. The lowest BCUT2D eigenvalue weighted by molar-refractivity contribution is -0.162. The van der Waals surface area contributed by atoms with Gasteiger partial charge in [-0.15, -0.1) is 0 Å². The van der Waals surface area contributed by atoms with E-state index in [0.717, 1.165) is 0 Å². The molecule has 0 fully saturated rings. The fourth-order valence-electron chi connectivity index (χ4n) is 2.40. The van der Waals surface area contributed by atoms with Gasteiger partial charge in [-0.2, -0.15) is 0 Å². The first-order valence-corrected chi connectivity index (χ1v) is 8.69. The van der Waals surface area contributed by atoms with E-state index in [9.17, 15) is 14.4 Å². The van der Waals surface area contributed by atoms with Gasteiger partial charge in [0, 0.05) is 16.0 Å². The van der Waals surface area contributed by atoms with E-state index in [1.54, 1.807) is 45.0 Å². The molecule has 0 aliphatic carbocycles. The van der Waals surface area contributed by atoms with Crippen molar-refractivity contribution >= 4 is 29.4 Å². The number of methoxy groups -OCH3 is 1. The smallest absolute Gasteiger partial charge is 0.335 e. The molecule has 2 atom stereocenters. The number of carbonyl (C=O) groups is 3. The summed E-state index contributed by atoms with van der Waals surface area (Å²) in [5, 5.41) is 2.86. The Labute approximate surface area is 162 Å². The van der Waals surface area contributed by atoms with E-state index in [1.807, 2.05) is 0 Å². The molecule has 1 aromatic carbocycles. The molecule has 1 aromatic rings. The molecule has 1 aliphatic rings. The van der Waals surface area contributed by atoms with Crippen LogP contribution < -0.4 is 5.32 Å². The Morgan fingerprint density at radius 2 is 1.96 bits per heavy atom. The van der Waals surface area contributed by atoms with Gasteiger partial charge in [0.2, 0.25) is 5.91 Å². The Kier molecular flexibility index (Phi) is 6.49. The van der Waals surface area contributed by atoms with Crippen molar-refractivity contribution in [2.75, 3.05) is 13.7 Å². The Hall–Kier alpha value is -2.54. The number of benzene rings is 1. The van der Waals surface area contributed by atoms with E-state index in [2.05, 4.69) is 5.32 Å². The van der Waals surface area contributed by atoms with Crippen molar-refractivity contribution < 1.29 is 28.6 Å². The number of amides is 1. The van der Waals surface area contributed by atoms with Crippen LogP contribution in [0, 0.1) is 5.41 Å². The maximum absolute atomic E-state index is 12.3. The summed E-state index contributed by atoms with van der Waals surface area (Å²) in [6.45, 7) is 4.86. The molecule has 0 radical (unpaired) electrons. The SMILES string of the molecule is COC1=CC(=O)OC1C(OC(=O)CNC(=O)C(C)(C)C)c1ccccc1Cl. The minimum atomic E-state index is -1.02. The van der Waals surface area contributed by atoms with Gasteiger partial charge in [-0.25, -0.2) is 4.79 Å². The zero-order valence-electron chi connectivity index (χ0n) is 15.6. The Balaban J connectivity index is 2.20. The maximum atomic E-state index is 12.3. The summed E-state index contributed by atoms with van der Waals surface area (Å²) in [6.07, 6.45) is -0.802. The summed E-state index contributed by atoms with van der Waals surface area (Å²) in [7, 11) is 1.38. The van der Waals surface area contributed by atoms with E-state index < -0.39 is 29.6 Å². The molecule has 146 valence electrons. The van der Waals surface area contributed by atoms with Crippen molar-refractivity contribution in [3.05, 3.63) is 46.7 Å². The predicted molar refractivity (Wildman–Crippen MR) is 97.7 cm³/mol. The van der Waals surface area contributed by atoms with Gasteiger partial charge in [0.05, 0.1) is 13.2 Å². The molecule has 0 spiro atoms. The molecular formula is C19H22ClNO6. The van der Waals surface area contributed by atoms with Gasteiger partial charge < -0.3 is 19.5 Å². The number of carbonyl (C=O) groups excluding carboxylic acids is 3. The second kappa shape index (κ2) is 8.43. The Bertz CT molecular complexity index is 768. The van der Waals surface area contributed by atoms with E-state index in [4.69, 9.17) is 25.8 Å². The van der Waals surface area contributed by atoms with Crippen molar-refractivity contribution in [1.29, 1.82) is 0 Å². The number of ether oxygens (including phenoxy) is 3. The molecule has 0 saturated carbocycles. The summed E-state index contributed by atoms with van der Waals surface area (Å²) in [5.41, 5.74) is -0.188. The molecule has 8 heteroatoms. The van der Waals surface area contributed by atoms with Crippen molar-refractivity contribution in [3.8, 4) is 0 Å². The zero-order chi connectivity index (χ0) is 20.2. The fraction of sp³-hybridized carbons (Fsp3) is 0.421. The molecular weight excluding hydrogens is 374 g/mol. The quantitative estimate of drug-likeness (QED) is 0.744. The third-order valence-corrected chi connectivity index (χ3v) is 4.18. The minimum Gasteiger partial charge on any atom is -0.497 e. The van der Waals surface area contributed by atoms with Crippen LogP contribution in [-0.2, 0) is 28.6 Å². The molecule has 0 bridgehead atoms. The maximum Gasteiger partial charge on any atom is 0.335 e. The first-order valence-electron chi connectivity index (χ1n) is 8.32. The molecule has 1 heterocycles. The number of hydrogen-bond donors (Lipinski definition) is 1. The van der Waals surface area contributed by atoms with E-state index in [0.29, 0.717) is 10.6 Å². The van der Waals surface area contributed by atoms with E-state index in [1.165, 1.54) is 13.2 Å². The van der Waals surface area contributed by atoms with Gasteiger partial charge in [0.1, 0.15) is 12.3 Å². The minimum absolute atomic E-state index is 0.219. The lowest BCUT2D eigenvalue weighted by Gasteiger charge is -2.26. The fourth-order valence-corrected chi connectivity index (χ4v) is 2.64. The monoisotopic (exact) mass is 395 g/mol. The van der Waals surface area contributed by atoms with Crippen LogP contribution in [0.25, 0.3) is 0 Å². The van der Waals surface area contributed by atoms with Crippen LogP contribution in [-0.4, -0.2) is 37.6 Å². The van der Waals surface area contributed by atoms with Crippen LogP contribution in [0.15, 0.2) is 36.1 Å². The average molecular weight is 396 g/mol. The molecule has 1 N–H and O–H groups in total. The van der Waals surface area contributed by atoms with E-state index >= 15 is 0 Å². The van der Waals surface area contributed by atoms with Crippen molar-refractivity contribution in [3.63, 3.8) is 0 Å². The standard InChI is InChI=1S/C19H22ClNO6/c1-19(2,3)18(24)21-10-15(23)27-16(11-7-5-6-8-12(11)20)17-13(25-4)9-14(22)26-17/h5-9,16-17H,10H2,1-4H3,(H,21,24). The number of nitrogens with one attached hydrogen (secondary N) is 1. The highest BCUT2D eigenvalue weighted by atomic mass is 35.5. The molecule has 2 unspecified atom stereocenters. The number of halogens is 1. The molecule has 27 heavy (non-hydrogen) atoms. The summed E-state index contributed by atoms with van der Waals surface area (Å²) in [6, 6.07) is 6.73. The average Bonchev–Trinajstić information content (AvgIpc) is 2.98. The lowest BCUT2D eigenvalue weighted by atomic mass is 9.96. The van der Waals surface area contributed by atoms with Gasteiger partial charge >= 0.3 is 11.9 Å². The van der Waals surface area contributed by atoms with Crippen LogP contribution >= 0.6 is 11.6 Å². The Morgan fingerprint density at radius 1 is 1.30 bits per heavy atom. The predicted octanol–water partition coefficient (Wildman–Crippen LogP) is 2.54. The first kappa shape index (κ1) is 20.8. The first-order chi connectivity index (χ1) is 12.6. The van der Waals surface area contributed by atoms with Crippen molar-refractivity contribution in [2.24, 2.45) is 5.41 Å². The molecule has 1 amide bonds. The van der Waals surface area contributed by atoms with Gasteiger partial charge in [-0.3, -0.25) is 9.59 Å². The summed E-state index contributed by atoms with van der Waals surface area (Å²) >= 11 is 6.23. The topological polar surface area (TPSA) is 90.9 Å². The van der Waals surface area contributed by atoms with Gasteiger partial charge in [-0.1, -0.05) is 50.6 Å². The van der Waals surface area contributed by atoms with Crippen molar-refractivity contribution in [1.82, 2.24) is 5.32 Å². The highest BCUT2D eigenvalue weighted by Crippen LogP contribution is 2.35. The molecule has 0 saturated heterocycles. The van der Waals surface area contributed by atoms with Crippen LogP contribution in [0.2, 0.25) is 5.02 Å². The van der Waals surface area contributed by atoms with Crippen molar-refractivity contribution in [2.45, 2.75) is 33.0 Å². The Morgan fingerprint density at radius 3 is 2.56 bits per heavy atom. The van der Waals surface area contributed by atoms with Crippen LogP contribution in [0.5, 0.6) is 0 Å². The normalized spacial score (nSPS) is 17.6. The zero-order valence-corrected chi connectivity index (χ0v) is 16.3.